The maximum absolute atomic E-state index is 12.9. The van der Waals surface area contributed by atoms with Crippen molar-refractivity contribution in [2.24, 2.45) is 5.92 Å². The lowest BCUT2D eigenvalue weighted by Crippen LogP contribution is -2.42. The fourth-order valence-electron chi connectivity index (χ4n) is 3.34. The lowest BCUT2D eigenvalue weighted by atomic mass is 9.93. The third-order valence-electron chi connectivity index (χ3n) is 4.32. The van der Waals surface area contributed by atoms with Crippen molar-refractivity contribution in [3.05, 3.63) is 35.9 Å². The molecule has 25 heavy (non-hydrogen) atoms. The standard InChI is InChI=1S/C19H27NO5/c1-19(2,3)25-18(23)20-15(11-16(22)24-4)10-14(12-21)17(20)13-8-6-5-7-9-13/h5-9,14-15,17,21H,10-12H2,1-4H3/t14-,15-,17-/m1/s1. The van der Waals surface area contributed by atoms with Crippen LogP contribution < -0.4 is 0 Å². The van der Waals surface area contributed by atoms with Crippen LogP contribution in [-0.2, 0) is 14.3 Å². The van der Waals surface area contributed by atoms with Crippen LogP contribution in [0.3, 0.4) is 0 Å². The van der Waals surface area contributed by atoms with E-state index in [2.05, 4.69) is 0 Å². The van der Waals surface area contributed by atoms with Crippen LogP contribution in [0.2, 0.25) is 0 Å². The Bertz CT molecular complexity index is 596. The highest BCUT2D eigenvalue weighted by atomic mass is 16.6. The molecule has 6 nitrogen and oxygen atoms in total. The molecule has 2 rings (SSSR count). The van der Waals surface area contributed by atoms with Crippen molar-refractivity contribution >= 4 is 12.1 Å². The number of carbonyl (C=O) groups excluding carboxylic acids is 2. The Labute approximate surface area is 148 Å². The first kappa shape index (κ1) is 19.2. The Morgan fingerprint density at radius 2 is 1.88 bits per heavy atom. The van der Waals surface area contributed by atoms with Gasteiger partial charge in [-0.25, -0.2) is 4.79 Å². The fourth-order valence-corrected chi connectivity index (χ4v) is 3.34. The monoisotopic (exact) mass is 349 g/mol. The summed E-state index contributed by atoms with van der Waals surface area (Å²) in [4.78, 5) is 26.2. The molecule has 1 heterocycles. The molecule has 0 aromatic heterocycles. The van der Waals surface area contributed by atoms with Gasteiger partial charge in [-0.2, -0.15) is 0 Å². The molecule has 1 amide bonds. The van der Waals surface area contributed by atoms with Crippen LogP contribution in [0.5, 0.6) is 0 Å². The van der Waals surface area contributed by atoms with Gasteiger partial charge in [-0.3, -0.25) is 9.69 Å². The molecule has 1 fully saturated rings. The number of aliphatic hydroxyl groups excluding tert-OH is 1. The number of amides is 1. The fraction of sp³-hybridized carbons (Fsp3) is 0.579. The number of nitrogens with zero attached hydrogens (tertiary/aromatic N) is 1. The van der Waals surface area contributed by atoms with E-state index in [0.717, 1.165) is 5.56 Å². The first-order chi connectivity index (χ1) is 11.8. The molecule has 0 unspecified atom stereocenters. The van der Waals surface area contributed by atoms with Gasteiger partial charge in [0.2, 0.25) is 0 Å². The van der Waals surface area contributed by atoms with Gasteiger partial charge in [-0.15, -0.1) is 0 Å². The Kier molecular flexibility index (Phi) is 6.06. The van der Waals surface area contributed by atoms with Gasteiger partial charge < -0.3 is 14.6 Å². The number of likely N-dealkylation sites (tertiary alicyclic amines) is 1. The lowest BCUT2D eigenvalue weighted by molar-refractivity contribution is -0.141. The van der Waals surface area contributed by atoms with Crippen molar-refractivity contribution in [2.75, 3.05) is 13.7 Å². The van der Waals surface area contributed by atoms with Gasteiger partial charge in [0.25, 0.3) is 0 Å². The third kappa shape index (κ3) is 4.72. The van der Waals surface area contributed by atoms with E-state index in [1.54, 1.807) is 25.7 Å². The molecule has 0 saturated carbocycles. The first-order valence-electron chi connectivity index (χ1n) is 8.50. The van der Waals surface area contributed by atoms with Gasteiger partial charge in [0.15, 0.2) is 0 Å². The molecule has 3 atom stereocenters. The summed E-state index contributed by atoms with van der Waals surface area (Å²) in [7, 11) is 1.33. The molecular formula is C19H27NO5. The Hall–Kier alpha value is -2.08. The molecule has 0 radical (unpaired) electrons. The van der Waals surface area contributed by atoms with Crippen LogP contribution in [0.15, 0.2) is 30.3 Å². The Morgan fingerprint density at radius 3 is 2.40 bits per heavy atom. The summed E-state index contributed by atoms with van der Waals surface area (Å²) in [5, 5.41) is 9.84. The van der Waals surface area contributed by atoms with Crippen LogP contribution >= 0.6 is 0 Å². The van der Waals surface area contributed by atoms with Crippen LogP contribution in [0.25, 0.3) is 0 Å². The normalized spacial score (nSPS) is 23.4. The van der Waals surface area contributed by atoms with Gasteiger partial charge in [-0.1, -0.05) is 30.3 Å². The average Bonchev–Trinajstić information content (AvgIpc) is 2.92. The van der Waals surface area contributed by atoms with Crippen molar-refractivity contribution < 1.29 is 24.2 Å². The Balaban J connectivity index is 2.37. The highest BCUT2D eigenvalue weighted by molar-refractivity contribution is 5.74. The number of ether oxygens (including phenoxy) is 2. The highest BCUT2D eigenvalue weighted by Crippen LogP contribution is 2.42. The first-order valence-corrected chi connectivity index (χ1v) is 8.50. The molecule has 1 aromatic carbocycles. The second kappa shape index (κ2) is 7.87. The van der Waals surface area contributed by atoms with E-state index in [1.807, 2.05) is 30.3 Å². The van der Waals surface area contributed by atoms with Gasteiger partial charge in [0.1, 0.15) is 5.60 Å². The molecular weight excluding hydrogens is 322 g/mol. The third-order valence-corrected chi connectivity index (χ3v) is 4.32. The summed E-state index contributed by atoms with van der Waals surface area (Å²) < 4.78 is 10.3. The number of aliphatic hydroxyl groups is 1. The van der Waals surface area contributed by atoms with Crippen LogP contribution in [0.4, 0.5) is 4.79 Å². The molecule has 1 saturated heterocycles. The minimum Gasteiger partial charge on any atom is -0.469 e. The van der Waals surface area contributed by atoms with Crippen molar-refractivity contribution in [2.45, 2.75) is 51.3 Å². The number of rotatable bonds is 4. The van der Waals surface area contributed by atoms with Crippen LogP contribution in [0, 0.1) is 5.92 Å². The molecule has 0 bridgehead atoms. The number of carbonyl (C=O) groups is 2. The van der Waals surface area contributed by atoms with E-state index in [9.17, 15) is 14.7 Å². The van der Waals surface area contributed by atoms with E-state index >= 15 is 0 Å². The maximum atomic E-state index is 12.9. The van der Waals surface area contributed by atoms with E-state index in [-0.39, 0.29) is 37.0 Å². The zero-order chi connectivity index (χ0) is 18.6. The summed E-state index contributed by atoms with van der Waals surface area (Å²) in [5.74, 6) is -0.548. The molecule has 1 aliphatic heterocycles. The predicted octanol–water partition coefficient (Wildman–Crippen LogP) is 2.91. The van der Waals surface area contributed by atoms with E-state index in [0.29, 0.717) is 6.42 Å². The smallest absolute Gasteiger partial charge is 0.411 e. The summed E-state index contributed by atoms with van der Waals surface area (Å²) in [5.41, 5.74) is 0.269. The van der Waals surface area contributed by atoms with Gasteiger partial charge in [0.05, 0.1) is 19.6 Å². The van der Waals surface area contributed by atoms with Gasteiger partial charge in [-0.05, 0) is 32.8 Å². The number of hydrogen-bond acceptors (Lipinski definition) is 5. The summed E-state index contributed by atoms with van der Waals surface area (Å²) in [6.45, 7) is 5.34. The van der Waals surface area contributed by atoms with Crippen molar-refractivity contribution in [1.82, 2.24) is 4.90 Å². The number of methoxy groups -OCH3 is 1. The molecule has 6 heteroatoms. The minimum absolute atomic E-state index is 0.0729. The second-order valence-electron chi connectivity index (χ2n) is 7.36. The van der Waals surface area contributed by atoms with Crippen molar-refractivity contribution in [3.8, 4) is 0 Å². The number of hydrogen-bond donors (Lipinski definition) is 1. The maximum Gasteiger partial charge on any atom is 0.411 e. The average molecular weight is 349 g/mol. The molecule has 138 valence electrons. The topological polar surface area (TPSA) is 76.1 Å². The number of esters is 1. The van der Waals surface area contributed by atoms with Crippen molar-refractivity contribution in [1.29, 1.82) is 0 Å². The van der Waals surface area contributed by atoms with Crippen molar-refractivity contribution in [3.63, 3.8) is 0 Å². The quantitative estimate of drug-likeness (QED) is 0.846. The van der Waals surface area contributed by atoms with E-state index in [4.69, 9.17) is 9.47 Å². The van der Waals surface area contributed by atoms with E-state index < -0.39 is 11.7 Å². The highest BCUT2D eigenvalue weighted by Gasteiger charge is 2.46. The summed E-state index contributed by atoms with van der Waals surface area (Å²) >= 11 is 0. The van der Waals surface area contributed by atoms with Crippen LogP contribution in [-0.4, -0.2) is 47.4 Å². The molecule has 0 spiro atoms. The lowest BCUT2D eigenvalue weighted by Gasteiger charge is -2.33. The largest absolute Gasteiger partial charge is 0.469 e. The summed E-state index contributed by atoms with van der Waals surface area (Å²) in [6.07, 6.45) is 0.117. The number of benzene rings is 1. The van der Waals surface area contributed by atoms with Gasteiger partial charge in [0, 0.05) is 18.6 Å². The zero-order valence-corrected chi connectivity index (χ0v) is 15.3. The van der Waals surface area contributed by atoms with Crippen LogP contribution in [0.1, 0.15) is 45.2 Å². The molecule has 0 aliphatic carbocycles. The molecule has 1 aliphatic rings. The van der Waals surface area contributed by atoms with E-state index in [1.165, 1.54) is 7.11 Å². The predicted molar refractivity (Wildman–Crippen MR) is 92.9 cm³/mol. The summed E-state index contributed by atoms with van der Waals surface area (Å²) in [6, 6.07) is 8.82. The SMILES string of the molecule is COC(=O)C[C@H]1C[C@H](CO)[C@@H](c2ccccc2)N1C(=O)OC(C)(C)C. The Morgan fingerprint density at radius 1 is 1.24 bits per heavy atom. The zero-order valence-electron chi connectivity index (χ0n) is 15.3. The second-order valence-corrected chi connectivity index (χ2v) is 7.36. The molecule has 1 N–H and O–H groups in total. The van der Waals surface area contributed by atoms with Gasteiger partial charge >= 0.3 is 12.1 Å². The minimum atomic E-state index is -0.647. The molecule has 1 aromatic rings.